The normalized spacial score (nSPS) is 19.7. The van der Waals surface area contributed by atoms with Crippen LogP contribution in [0.15, 0.2) is 12.3 Å². The van der Waals surface area contributed by atoms with Crippen LogP contribution in [0.25, 0.3) is 0 Å². The maximum atomic E-state index is 8.66. The van der Waals surface area contributed by atoms with Crippen LogP contribution in [-0.4, -0.2) is 34.9 Å². The molecule has 0 aromatic carbocycles. The van der Waals surface area contributed by atoms with E-state index >= 15 is 0 Å². The quantitative estimate of drug-likeness (QED) is 0.440. The van der Waals surface area contributed by atoms with Gasteiger partial charge in [0, 0.05) is 0 Å². The Kier molecular flexibility index (Phi) is 3.08. The van der Waals surface area contributed by atoms with E-state index in [1.54, 1.807) is 0 Å². The van der Waals surface area contributed by atoms with E-state index in [1.165, 1.54) is 0 Å². The Labute approximate surface area is 67.8 Å². The molecule has 0 aliphatic carbocycles. The fourth-order valence-corrected chi connectivity index (χ4v) is 1.06. The van der Waals surface area contributed by atoms with E-state index < -0.39 is 0 Å². The van der Waals surface area contributed by atoms with Gasteiger partial charge in [-0.25, -0.2) is 0 Å². The van der Waals surface area contributed by atoms with Gasteiger partial charge in [0.15, 0.2) is 0 Å². The van der Waals surface area contributed by atoms with Crippen molar-refractivity contribution in [3.05, 3.63) is 12.3 Å². The predicted octanol–water partition coefficient (Wildman–Crippen LogP) is 0.181. The van der Waals surface area contributed by atoms with Gasteiger partial charge < -0.3 is 0 Å². The van der Waals surface area contributed by atoms with Crippen molar-refractivity contribution < 1.29 is 9.60 Å². The van der Waals surface area contributed by atoms with Gasteiger partial charge in [-0.3, -0.25) is 0 Å². The minimum atomic E-state index is 0.840. The van der Waals surface area contributed by atoms with Crippen molar-refractivity contribution in [1.82, 2.24) is 0 Å². The Hall–Kier alpha value is -0.855. The molecule has 0 aromatic rings. The number of allylic oxidation sites excluding steroid dienone is 1. The molecule has 0 radical (unpaired) electrons. The van der Waals surface area contributed by atoms with E-state index in [1.807, 2.05) is 12.3 Å². The Morgan fingerprint density at radius 3 is 3.00 bits per heavy atom. The molecule has 3 heteroatoms. The first-order chi connectivity index (χ1) is 5.36. The molecule has 0 fully saturated rings. The van der Waals surface area contributed by atoms with Crippen LogP contribution in [0.3, 0.4) is 0 Å². The maximum absolute atomic E-state index is 8.66. The van der Waals surface area contributed by atoms with Crippen LogP contribution in [-0.2, 0) is 0 Å². The first-order valence-corrected chi connectivity index (χ1v) is 3.97. The summed E-state index contributed by atoms with van der Waals surface area (Å²) in [7, 11) is 1.16. The van der Waals surface area contributed by atoms with E-state index in [-0.39, 0.29) is 0 Å². The van der Waals surface area contributed by atoms with Crippen LogP contribution >= 0.6 is 0 Å². The van der Waals surface area contributed by atoms with Crippen molar-refractivity contribution in [1.29, 1.82) is 0 Å². The summed E-state index contributed by atoms with van der Waals surface area (Å²) in [5.41, 5.74) is 0.970. The summed E-state index contributed by atoms with van der Waals surface area (Å²) in [5.74, 6) is 0. The molecule has 0 unspecified atom stereocenters. The van der Waals surface area contributed by atoms with E-state index in [2.05, 4.69) is 17.7 Å². The summed E-state index contributed by atoms with van der Waals surface area (Å²) in [6.45, 7) is 3.22. The van der Waals surface area contributed by atoms with Gasteiger partial charge in [0.2, 0.25) is 0 Å². The van der Waals surface area contributed by atoms with Gasteiger partial charge in [0.05, 0.1) is 0 Å². The molecule has 1 heterocycles. The number of hydrogen-bond donors (Lipinski definition) is 1. The van der Waals surface area contributed by atoms with E-state index in [9.17, 15) is 0 Å². The molecule has 58 valence electrons. The standard InChI is InChI=1S/C8H13BNO/c1-2-5-10-6-3-8(9-11)4-7-10/h3,6-7,11H,2,4-5H2,1H3/q+1. The fourth-order valence-electron chi connectivity index (χ4n) is 1.06. The zero-order valence-electron chi connectivity index (χ0n) is 6.83. The molecule has 1 aliphatic heterocycles. The van der Waals surface area contributed by atoms with E-state index in [4.69, 9.17) is 5.02 Å². The number of hydrogen-bond acceptors (Lipinski definition) is 1. The van der Waals surface area contributed by atoms with E-state index in [0.717, 1.165) is 32.0 Å². The Morgan fingerprint density at radius 1 is 1.73 bits per heavy atom. The van der Waals surface area contributed by atoms with Crippen LogP contribution < -0.4 is 0 Å². The molecule has 1 rings (SSSR count). The molecule has 1 aliphatic rings. The minimum absolute atomic E-state index is 0.840. The number of nitrogens with zero attached hydrogens (tertiary/aromatic N) is 1. The van der Waals surface area contributed by atoms with Gasteiger partial charge in [0.1, 0.15) is 0 Å². The summed E-state index contributed by atoms with van der Waals surface area (Å²) >= 11 is 0. The first-order valence-electron chi connectivity index (χ1n) is 3.97. The van der Waals surface area contributed by atoms with Gasteiger partial charge in [-0.1, -0.05) is 0 Å². The van der Waals surface area contributed by atoms with Crippen molar-refractivity contribution in [2.45, 2.75) is 19.8 Å². The van der Waals surface area contributed by atoms with Gasteiger partial charge >= 0.3 is 67.0 Å². The van der Waals surface area contributed by atoms with Crippen molar-refractivity contribution in [3.63, 3.8) is 0 Å². The molecule has 0 saturated carbocycles. The molecule has 0 amide bonds. The zero-order chi connectivity index (χ0) is 8.10. The van der Waals surface area contributed by atoms with Gasteiger partial charge in [-0.05, 0) is 0 Å². The Balaban J connectivity index is 2.53. The molecule has 1 N–H and O–H groups in total. The SMILES string of the molecule is CCC[N+]1=CCC(=BO)C=C1. The fraction of sp³-hybridized carbons (Fsp3) is 0.500. The summed E-state index contributed by atoms with van der Waals surface area (Å²) in [5, 5.41) is 8.66. The molecule has 11 heavy (non-hydrogen) atoms. The average molecular weight is 150 g/mol. The number of rotatable bonds is 2. The zero-order valence-corrected chi connectivity index (χ0v) is 6.83. The van der Waals surface area contributed by atoms with Crippen LogP contribution in [0.1, 0.15) is 19.8 Å². The third kappa shape index (κ3) is 2.33. The molecule has 0 spiro atoms. The summed E-state index contributed by atoms with van der Waals surface area (Å²) in [6.07, 6.45) is 8.02. The second kappa shape index (κ2) is 4.11. The second-order valence-corrected chi connectivity index (χ2v) is 2.64. The van der Waals surface area contributed by atoms with Gasteiger partial charge in [-0.2, -0.15) is 0 Å². The van der Waals surface area contributed by atoms with E-state index in [0.29, 0.717) is 0 Å². The van der Waals surface area contributed by atoms with Crippen molar-refractivity contribution in [2.75, 3.05) is 6.54 Å². The molecule has 0 saturated heterocycles. The monoisotopic (exact) mass is 150 g/mol. The molecular weight excluding hydrogens is 137 g/mol. The molecular formula is C8H13BNO+. The predicted molar refractivity (Wildman–Crippen MR) is 48.2 cm³/mol. The van der Waals surface area contributed by atoms with Gasteiger partial charge in [-0.15, -0.1) is 0 Å². The molecule has 0 bridgehead atoms. The summed E-state index contributed by atoms with van der Waals surface area (Å²) in [4.78, 5) is 0. The topological polar surface area (TPSA) is 23.2 Å². The van der Waals surface area contributed by atoms with Crippen LogP contribution in [0.5, 0.6) is 0 Å². The Morgan fingerprint density at radius 2 is 2.55 bits per heavy atom. The molecule has 0 aromatic heterocycles. The van der Waals surface area contributed by atoms with Gasteiger partial charge in [0.25, 0.3) is 0 Å². The van der Waals surface area contributed by atoms with Crippen molar-refractivity contribution >= 4 is 18.8 Å². The Bertz CT molecular complexity index is 218. The van der Waals surface area contributed by atoms with Crippen molar-refractivity contribution in [3.8, 4) is 0 Å². The average Bonchev–Trinajstić information content (AvgIpc) is 2.07. The molecule has 0 atom stereocenters. The third-order valence-corrected chi connectivity index (χ3v) is 1.69. The first kappa shape index (κ1) is 8.24. The summed E-state index contributed by atoms with van der Waals surface area (Å²) < 4.78 is 2.15. The van der Waals surface area contributed by atoms with Crippen LogP contribution in [0.4, 0.5) is 0 Å². The molecule has 2 nitrogen and oxygen atoms in total. The van der Waals surface area contributed by atoms with Crippen LogP contribution in [0, 0.1) is 0 Å². The second-order valence-electron chi connectivity index (χ2n) is 2.64. The summed E-state index contributed by atoms with van der Waals surface area (Å²) in [6, 6.07) is 0. The van der Waals surface area contributed by atoms with Crippen molar-refractivity contribution in [2.24, 2.45) is 0 Å². The van der Waals surface area contributed by atoms with Crippen LogP contribution in [0.2, 0.25) is 0 Å². The third-order valence-electron chi connectivity index (χ3n) is 1.69.